The van der Waals surface area contributed by atoms with E-state index in [1.165, 1.54) is 12.8 Å². The van der Waals surface area contributed by atoms with Crippen LogP contribution in [0.1, 0.15) is 24.5 Å². The van der Waals surface area contributed by atoms with Crippen molar-refractivity contribution >= 4 is 11.7 Å². The second kappa shape index (κ2) is 5.26. The fourth-order valence-corrected chi connectivity index (χ4v) is 3.00. The molecule has 1 saturated carbocycles. The number of ether oxygens (including phenoxy) is 1. The van der Waals surface area contributed by atoms with Crippen LogP contribution < -0.4 is 4.90 Å². The first-order valence-electron chi connectivity index (χ1n) is 7.74. The maximum absolute atomic E-state index is 12.4. The molecule has 3 heterocycles. The highest BCUT2D eigenvalue weighted by Crippen LogP contribution is 2.39. The first kappa shape index (κ1) is 13.0. The van der Waals surface area contributed by atoms with E-state index in [9.17, 15) is 4.79 Å². The Labute approximate surface area is 124 Å². The third kappa shape index (κ3) is 2.60. The first-order valence-corrected chi connectivity index (χ1v) is 7.74. The van der Waals surface area contributed by atoms with E-state index in [1.807, 2.05) is 4.90 Å². The third-order valence-electron chi connectivity index (χ3n) is 4.55. The van der Waals surface area contributed by atoms with Crippen LogP contribution >= 0.6 is 0 Å². The van der Waals surface area contributed by atoms with E-state index in [-0.39, 0.29) is 11.8 Å². The van der Waals surface area contributed by atoms with Gasteiger partial charge in [-0.05, 0) is 12.8 Å². The Morgan fingerprint density at radius 3 is 2.67 bits per heavy atom. The molecule has 4 rings (SSSR count). The largest absolute Gasteiger partial charge is 0.378 e. The van der Waals surface area contributed by atoms with Gasteiger partial charge >= 0.3 is 0 Å². The van der Waals surface area contributed by atoms with Crippen molar-refractivity contribution in [3.8, 4) is 0 Å². The van der Waals surface area contributed by atoms with Gasteiger partial charge in [-0.3, -0.25) is 4.79 Å². The second-order valence-electron chi connectivity index (χ2n) is 6.11. The Morgan fingerprint density at radius 2 is 1.95 bits per heavy atom. The Morgan fingerprint density at radius 1 is 1.19 bits per heavy atom. The Hall–Kier alpha value is -1.69. The molecule has 1 aromatic rings. The number of hydrogen-bond acceptors (Lipinski definition) is 5. The molecule has 6 heteroatoms. The molecule has 21 heavy (non-hydrogen) atoms. The third-order valence-corrected chi connectivity index (χ3v) is 4.55. The standard InChI is InChI=1S/C15H20N4O2/c20-15(18-3-5-21-6-4-18)12-8-19(9-12)14-7-13(11-1-2-11)16-10-17-14/h7,10-12H,1-6,8-9H2. The van der Waals surface area contributed by atoms with Gasteiger partial charge in [0, 0.05) is 43.9 Å². The van der Waals surface area contributed by atoms with Crippen LogP contribution in [0.2, 0.25) is 0 Å². The predicted molar refractivity (Wildman–Crippen MR) is 77.1 cm³/mol. The smallest absolute Gasteiger partial charge is 0.229 e. The van der Waals surface area contributed by atoms with E-state index in [1.54, 1.807) is 6.33 Å². The summed E-state index contributed by atoms with van der Waals surface area (Å²) in [6.07, 6.45) is 4.14. The quantitative estimate of drug-likeness (QED) is 0.817. The summed E-state index contributed by atoms with van der Waals surface area (Å²) < 4.78 is 5.29. The van der Waals surface area contributed by atoms with Crippen LogP contribution in [-0.4, -0.2) is 60.2 Å². The van der Waals surface area contributed by atoms with Crippen LogP contribution in [0, 0.1) is 5.92 Å². The molecule has 0 unspecified atom stereocenters. The van der Waals surface area contributed by atoms with E-state index >= 15 is 0 Å². The SMILES string of the molecule is O=C(C1CN(c2cc(C3CC3)ncn2)C1)N1CCOCC1. The van der Waals surface area contributed by atoms with Crippen molar-refractivity contribution in [2.45, 2.75) is 18.8 Å². The van der Waals surface area contributed by atoms with Gasteiger partial charge in [0.1, 0.15) is 12.1 Å². The maximum atomic E-state index is 12.4. The molecule has 0 spiro atoms. The van der Waals surface area contributed by atoms with Gasteiger partial charge in [-0.2, -0.15) is 0 Å². The fraction of sp³-hybridized carbons (Fsp3) is 0.667. The van der Waals surface area contributed by atoms with E-state index in [2.05, 4.69) is 20.9 Å². The monoisotopic (exact) mass is 288 g/mol. The summed E-state index contributed by atoms with van der Waals surface area (Å²) in [5.74, 6) is 1.99. The van der Waals surface area contributed by atoms with E-state index in [0.29, 0.717) is 19.1 Å². The number of anilines is 1. The van der Waals surface area contributed by atoms with Crippen LogP contribution in [0.15, 0.2) is 12.4 Å². The van der Waals surface area contributed by atoms with Crippen LogP contribution in [-0.2, 0) is 9.53 Å². The average Bonchev–Trinajstić information content (AvgIpc) is 3.31. The molecule has 1 aliphatic carbocycles. The summed E-state index contributed by atoms with van der Waals surface area (Å²) in [5.41, 5.74) is 1.16. The highest BCUT2D eigenvalue weighted by Gasteiger charge is 2.37. The van der Waals surface area contributed by atoms with Crippen molar-refractivity contribution in [3.05, 3.63) is 18.1 Å². The maximum Gasteiger partial charge on any atom is 0.229 e. The molecule has 112 valence electrons. The minimum absolute atomic E-state index is 0.113. The number of aromatic nitrogens is 2. The predicted octanol–water partition coefficient (Wildman–Crippen LogP) is 0.649. The van der Waals surface area contributed by atoms with Crippen molar-refractivity contribution in [2.24, 2.45) is 5.92 Å². The van der Waals surface area contributed by atoms with Crippen molar-refractivity contribution in [2.75, 3.05) is 44.3 Å². The molecular weight excluding hydrogens is 268 g/mol. The summed E-state index contributed by atoms with van der Waals surface area (Å²) in [4.78, 5) is 25.2. The Balaban J connectivity index is 1.36. The summed E-state index contributed by atoms with van der Waals surface area (Å²) in [7, 11) is 0. The number of carbonyl (C=O) groups excluding carboxylic acids is 1. The van der Waals surface area contributed by atoms with Gasteiger partial charge in [0.25, 0.3) is 0 Å². The van der Waals surface area contributed by atoms with E-state index < -0.39 is 0 Å². The van der Waals surface area contributed by atoms with Crippen LogP contribution in [0.25, 0.3) is 0 Å². The number of hydrogen-bond donors (Lipinski definition) is 0. The zero-order valence-corrected chi connectivity index (χ0v) is 12.1. The van der Waals surface area contributed by atoms with Crippen molar-refractivity contribution in [1.82, 2.24) is 14.9 Å². The van der Waals surface area contributed by atoms with Crippen LogP contribution in [0.4, 0.5) is 5.82 Å². The summed E-state index contributed by atoms with van der Waals surface area (Å²) in [6.45, 7) is 4.34. The lowest BCUT2D eigenvalue weighted by atomic mass is 9.98. The number of nitrogens with zero attached hydrogens (tertiary/aromatic N) is 4. The minimum Gasteiger partial charge on any atom is -0.378 e. The number of carbonyl (C=O) groups is 1. The number of morpholine rings is 1. The normalized spacial score (nSPS) is 23.0. The van der Waals surface area contributed by atoms with Gasteiger partial charge in [0.2, 0.25) is 5.91 Å². The molecule has 0 aromatic carbocycles. The highest BCUT2D eigenvalue weighted by atomic mass is 16.5. The second-order valence-corrected chi connectivity index (χ2v) is 6.11. The number of amides is 1. The van der Waals surface area contributed by atoms with Gasteiger partial charge in [-0.1, -0.05) is 0 Å². The zero-order chi connectivity index (χ0) is 14.2. The van der Waals surface area contributed by atoms with E-state index in [0.717, 1.165) is 37.7 Å². The molecule has 0 atom stereocenters. The lowest BCUT2D eigenvalue weighted by molar-refractivity contribution is -0.140. The summed E-state index contributed by atoms with van der Waals surface area (Å²) >= 11 is 0. The molecule has 0 N–H and O–H groups in total. The number of rotatable bonds is 3. The van der Waals surface area contributed by atoms with Gasteiger partial charge in [-0.15, -0.1) is 0 Å². The molecule has 3 fully saturated rings. The van der Waals surface area contributed by atoms with E-state index in [4.69, 9.17) is 4.74 Å². The van der Waals surface area contributed by atoms with Crippen molar-refractivity contribution in [3.63, 3.8) is 0 Å². The van der Waals surface area contributed by atoms with Crippen LogP contribution in [0.5, 0.6) is 0 Å². The van der Waals surface area contributed by atoms with Gasteiger partial charge in [0.05, 0.1) is 19.1 Å². The van der Waals surface area contributed by atoms with Gasteiger partial charge in [0.15, 0.2) is 0 Å². The first-order chi connectivity index (χ1) is 10.3. The molecule has 1 amide bonds. The molecule has 6 nitrogen and oxygen atoms in total. The molecule has 0 radical (unpaired) electrons. The van der Waals surface area contributed by atoms with Crippen LogP contribution in [0.3, 0.4) is 0 Å². The Bertz CT molecular complexity index is 534. The zero-order valence-electron chi connectivity index (χ0n) is 12.1. The average molecular weight is 288 g/mol. The molecule has 2 saturated heterocycles. The van der Waals surface area contributed by atoms with Crippen molar-refractivity contribution in [1.29, 1.82) is 0 Å². The lowest BCUT2D eigenvalue weighted by Gasteiger charge is -2.42. The molecule has 1 aromatic heterocycles. The highest BCUT2D eigenvalue weighted by molar-refractivity contribution is 5.82. The minimum atomic E-state index is 0.113. The lowest BCUT2D eigenvalue weighted by Crippen LogP contribution is -2.56. The van der Waals surface area contributed by atoms with Gasteiger partial charge in [-0.25, -0.2) is 9.97 Å². The molecule has 2 aliphatic heterocycles. The van der Waals surface area contributed by atoms with Gasteiger partial charge < -0.3 is 14.5 Å². The molecule has 0 bridgehead atoms. The summed E-state index contributed by atoms with van der Waals surface area (Å²) in [6, 6.07) is 2.09. The topological polar surface area (TPSA) is 58.6 Å². The molecule has 3 aliphatic rings. The summed E-state index contributed by atoms with van der Waals surface area (Å²) in [5, 5.41) is 0. The molecular formula is C15H20N4O2. The fourth-order valence-electron chi connectivity index (χ4n) is 3.00. The van der Waals surface area contributed by atoms with Crippen molar-refractivity contribution < 1.29 is 9.53 Å². The Kier molecular flexibility index (Phi) is 3.25.